The molecule has 1 N–H and O–H groups in total. The Labute approximate surface area is 132 Å². The molecule has 0 aliphatic carbocycles. The molecule has 0 aromatic carbocycles. The van der Waals surface area contributed by atoms with Crippen molar-refractivity contribution in [1.82, 2.24) is 19.6 Å². The summed E-state index contributed by atoms with van der Waals surface area (Å²) in [4.78, 5) is 35.6. The Kier molecular flexibility index (Phi) is 4.83. The van der Waals surface area contributed by atoms with E-state index in [1.54, 1.807) is 6.07 Å². The minimum absolute atomic E-state index is 0.0000178. The molecule has 2 heterocycles. The van der Waals surface area contributed by atoms with Gasteiger partial charge in [0.25, 0.3) is 11.5 Å². The van der Waals surface area contributed by atoms with Crippen LogP contribution in [0.4, 0.5) is 0 Å². The van der Waals surface area contributed by atoms with Crippen molar-refractivity contribution in [3.63, 3.8) is 0 Å². The van der Waals surface area contributed by atoms with E-state index >= 15 is 0 Å². The summed E-state index contributed by atoms with van der Waals surface area (Å²) < 4.78 is 7.21. The van der Waals surface area contributed by atoms with Gasteiger partial charge in [-0.25, -0.2) is 4.79 Å². The van der Waals surface area contributed by atoms with Crippen LogP contribution in [-0.4, -0.2) is 20.2 Å². The zero-order chi connectivity index (χ0) is 17.1. The smallest absolute Gasteiger partial charge is 0.331 e. The summed E-state index contributed by atoms with van der Waals surface area (Å²) in [6, 6.07) is 2.91. The highest BCUT2D eigenvalue weighted by molar-refractivity contribution is 5.92. The van der Waals surface area contributed by atoms with Gasteiger partial charge in [-0.1, -0.05) is 19.0 Å². The van der Waals surface area contributed by atoms with Gasteiger partial charge in [0.1, 0.15) is 5.69 Å². The van der Waals surface area contributed by atoms with Crippen molar-refractivity contribution in [3.8, 4) is 0 Å². The topological polar surface area (TPSA) is 99.1 Å². The Hall–Kier alpha value is -2.64. The van der Waals surface area contributed by atoms with E-state index in [1.807, 2.05) is 0 Å². The first kappa shape index (κ1) is 16.7. The third-order valence-corrected chi connectivity index (χ3v) is 3.41. The zero-order valence-corrected chi connectivity index (χ0v) is 13.6. The number of hydrogen-bond acceptors (Lipinski definition) is 5. The van der Waals surface area contributed by atoms with Gasteiger partial charge in [-0.3, -0.25) is 18.7 Å². The van der Waals surface area contributed by atoms with Crippen molar-refractivity contribution < 1.29 is 9.32 Å². The quantitative estimate of drug-likeness (QED) is 0.848. The normalized spacial score (nSPS) is 11.0. The van der Waals surface area contributed by atoms with E-state index in [0.717, 1.165) is 27.3 Å². The van der Waals surface area contributed by atoms with E-state index in [-0.39, 0.29) is 12.2 Å². The first-order chi connectivity index (χ1) is 10.8. The summed E-state index contributed by atoms with van der Waals surface area (Å²) in [7, 11) is 2.79. The predicted molar refractivity (Wildman–Crippen MR) is 83.1 cm³/mol. The number of aromatic nitrogens is 3. The Morgan fingerprint density at radius 1 is 1.26 bits per heavy atom. The SMILES string of the molecule is CC(C)Cc1cc(CNC(=O)c2cc(=O)n(C)c(=O)n2C)on1. The van der Waals surface area contributed by atoms with E-state index in [0.29, 0.717) is 11.7 Å². The van der Waals surface area contributed by atoms with Crippen LogP contribution in [0, 0.1) is 5.92 Å². The lowest BCUT2D eigenvalue weighted by Gasteiger charge is -2.08. The highest BCUT2D eigenvalue weighted by atomic mass is 16.5. The minimum atomic E-state index is -0.554. The maximum absolute atomic E-state index is 12.2. The first-order valence-electron chi connectivity index (χ1n) is 7.29. The molecule has 8 heteroatoms. The first-order valence-corrected chi connectivity index (χ1v) is 7.29. The molecule has 0 atom stereocenters. The van der Waals surface area contributed by atoms with Crippen LogP contribution in [0.1, 0.15) is 35.8 Å². The van der Waals surface area contributed by atoms with Gasteiger partial charge in [0.15, 0.2) is 5.76 Å². The number of amides is 1. The van der Waals surface area contributed by atoms with Crippen molar-refractivity contribution >= 4 is 5.91 Å². The summed E-state index contributed by atoms with van der Waals surface area (Å²) in [5.41, 5.74) is -0.260. The van der Waals surface area contributed by atoms with Crippen molar-refractivity contribution in [2.75, 3.05) is 0 Å². The third kappa shape index (κ3) is 3.77. The maximum Gasteiger partial charge on any atom is 0.331 e. The molecule has 0 unspecified atom stereocenters. The summed E-state index contributed by atoms with van der Waals surface area (Å²) in [5.74, 6) is 0.449. The van der Waals surface area contributed by atoms with Crippen molar-refractivity contribution in [1.29, 1.82) is 0 Å². The van der Waals surface area contributed by atoms with E-state index < -0.39 is 17.2 Å². The molecule has 124 valence electrons. The molecule has 1 amide bonds. The molecular formula is C15H20N4O4. The molecule has 2 rings (SSSR count). The van der Waals surface area contributed by atoms with Crippen LogP contribution >= 0.6 is 0 Å². The number of carbonyl (C=O) groups excluding carboxylic acids is 1. The third-order valence-electron chi connectivity index (χ3n) is 3.41. The molecular weight excluding hydrogens is 300 g/mol. The second kappa shape index (κ2) is 6.64. The second-order valence-electron chi connectivity index (χ2n) is 5.83. The van der Waals surface area contributed by atoms with Gasteiger partial charge < -0.3 is 9.84 Å². The van der Waals surface area contributed by atoms with Gasteiger partial charge in [-0.2, -0.15) is 0 Å². The number of rotatable bonds is 5. The van der Waals surface area contributed by atoms with Crippen molar-refractivity contribution in [2.24, 2.45) is 20.0 Å². The van der Waals surface area contributed by atoms with E-state index in [1.165, 1.54) is 14.1 Å². The molecule has 8 nitrogen and oxygen atoms in total. The van der Waals surface area contributed by atoms with Crippen LogP contribution in [0.3, 0.4) is 0 Å². The molecule has 0 bridgehead atoms. The lowest BCUT2D eigenvalue weighted by atomic mass is 10.1. The van der Waals surface area contributed by atoms with Gasteiger partial charge in [0, 0.05) is 26.2 Å². The fourth-order valence-corrected chi connectivity index (χ4v) is 2.16. The Balaban J connectivity index is 2.10. The van der Waals surface area contributed by atoms with Crippen LogP contribution in [0.2, 0.25) is 0 Å². The fourth-order valence-electron chi connectivity index (χ4n) is 2.16. The summed E-state index contributed by atoms with van der Waals surface area (Å²) in [5, 5.41) is 6.55. The average molecular weight is 320 g/mol. The number of carbonyl (C=O) groups is 1. The van der Waals surface area contributed by atoms with Crippen LogP contribution in [-0.2, 0) is 27.1 Å². The monoisotopic (exact) mass is 320 g/mol. The van der Waals surface area contributed by atoms with Crippen molar-refractivity contribution in [2.45, 2.75) is 26.8 Å². The molecule has 2 aromatic rings. The molecule has 0 aliphatic rings. The molecule has 0 saturated heterocycles. The van der Waals surface area contributed by atoms with E-state index in [4.69, 9.17) is 4.52 Å². The number of hydrogen-bond donors (Lipinski definition) is 1. The molecule has 0 radical (unpaired) electrons. The summed E-state index contributed by atoms with van der Waals surface area (Å²) in [6.45, 7) is 4.28. The fraction of sp³-hybridized carbons (Fsp3) is 0.467. The number of nitrogens with zero attached hydrogens (tertiary/aromatic N) is 3. The average Bonchev–Trinajstić information content (AvgIpc) is 2.93. The molecule has 2 aromatic heterocycles. The Morgan fingerprint density at radius 3 is 2.61 bits per heavy atom. The Morgan fingerprint density at radius 2 is 1.96 bits per heavy atom. The summed E-state index contributed by atoms with van der Waals surface area (Å²) >= 11 is 0. The van der Waals surface area contributed by atoms with E-state index in [2.05, 4.69) is 24.3 Å². The molecule has 0 saturated carbocycles. The van der Waals surface area contributed by atoms with Gasteiger partial charge in [-0.15, -0.1) is 0 Å². The number of nitrogens with one attached hydrogen (secondary N) is 1. The van der Waals surface area contributed by atoms with Crippen molar-refractivity contribution in [3.05, 3.63) is 50.1 Å². The highest BCUT2D eigenvalue weighted by Gasteiger charge is 2.14. The van der Waals surface area contributed by atoms with Crippen LogP contribution in [0.5, 0.6) is 0 Å². The zero-order valence-electron chi connectivity index (χ0n) is 13.6. The molecule has 0 spiro atoms. The highest BCUT2D eigenvalue weighted by Crippen LogP contribution is 2.09. The lowest BCUT2D eigenvalue weighted by molar-refractivity contribution is 0.0936. The molecule has 0 aliphatic heterocycles. The molecule has 23 heavy (non-hydrogen) atoms. The molecule has 0 fully saturated rings. The Bertz CT molecular complexity index is 829. The maximum atomic E-state index is 12.2. The van der Waals surface area contributed by atoms with Crippen LogP contribution in [0.15, 0.2) is 26.2 Å². The van der Waals surface area contributed by atoms with Gasteiger partial charge >= 0.3 is 5.69 Å². The lowest BCUT2D eigenvalue weighted by Crippen LogP contribution is -2.41. The second-order valence-corrected chi connectivity index (χ2v) is 5.83. The van der Waals surface area contributed by atoms with Gasteiger partial charge in [0.05, 0.1) is 12.2 Å². The largest absolute Gasteiger partial charge is 0.359 e. The van der Waals surface area contributed by atoms with Crippen LogP contribution < -0.4 is 16.6 Å². The predicted octanol–water partition coefficient (Wildman–Crippen LogP) is 0.201. The van der Waals surface area contributed by atoms with Gasteiger partial charge in [-0.05, 0) is 12.3 Å². The summed E-state index contributed by atoms with van der Waals surface area (Å²) in [6.07, 6.45) is 0.792. The van der Waals surface area contributed by atoms with Gasteiger partial charge in [0.2, 0.25) is 0 Å². The van der Waals surface area contributed by atoms with E-state index in [9.17, 15) is 14.4 Å². The standard InChI is InChI=1S/C15H20N4O4/c1-9(2)5-10-6-11(23-17-10)8-16-14(21)12-7-13(20)19(4)15(22)18(12)3/h6-7,9H,5,8H2,1-4H3,(H,16,21). The minimum Gasteiger partial charge on any atom is -0.359 e. The van der Waals surface area contributed by atoms with Crippen LogP contribution in [0.25, 0.3) is 0 Å².